The Morgan fingerprint density at radius 1 is 1.03 bits per heavy atom. The number of methoxy groups -OCH3 is 1. The van der Waals surface area contributed by atoms with Crippen LogP contribution in [0.1, 0.15) is 24.0 Å². The molecule has 0 aliphatic carbocycles. The summed E-state index contributed by atoms with van der Waals surface area (Å²) >= 11 is 0. The second-order valence-corrected chi connectivity index (χ2v) is 7.71. The standard InChI is InChI=1S/C23H27N3O3/c1-29-23(28)21-14-17-6-2-3-7-18(17)15-26(21)16-22(27)24-19-8-10-20(11-9-19)25-12-4-5-13-25/h2-3,6-11,21H,4-5,12-16H2,1H3,(H,24,27)/t21-/m1/s1. The van der Waals surface area contributed by atoms with Crippen molar-refractivity contribution in [3.05, 3.63) is 59.7 Å². The molecule has 2 aliphatic heterocycles. The van der Waals surface area contributed by atoms with Crippen molar-refractivity contribution >= 4 is 23.3 Å². The molecule has 0 aromatic heterocycles. The van der Waals surface area contributed by atoms with Crippen LogP contribution < -0.4 is 10.2 Å². The van der Waals surface area contributed by atoms with Crippen LogP contribution in [0.15, 0.2) is 48.5 Å². The minimum absolute atomic E-state index is 0.132. The van der Waals surface area contributed by atoms with Crippen molar-refractivity contribution in [3.63, 3.8) is 0 Å². The van der Waals surface area contributed by atoms with Crippen LogP contribution in [0.5, 0.6) is 0 Å². The molecule has 29 heavy (non-hydrogen) atoms. The molecular formula is C23H27N3O3. The number of ether oxygens (including phenoxy) is 1. The van der Waals surface area contributed by atoms with Gasteiger partial charge in [0.25, 0.3) is 0 Å². The number of amides is 1. The van der Waals surface area contributed by atoms with Crippen molar-refractivity contribution in [3.8, 4) is 0 Å². The van der Waals surface area contributed by atoms with Crippen LogP contribution in [0.25, 0.3) is 0 Å². The van der Waals surface area contributed by atoms with Gasteiger partial charge in [0.1, 0.15) is 6.04 Å². The maximum Gasteiger partial charge on any atom is 0.323 e. The Balaban J connectivity index is 1.41. The lowest BCUT2D eigenvalue weighted by Gasteiger charge is -2.34. The summed E-state index contributed by atoms with van der Waals surface area (Å²) in [6, 6.07) is 15.6. The van der Waals surface area contributed by atoms with Gasteiger partial charge in [-0.2, -0.15) is 0 Å². The molecular weight excluding hydrogens is 366 g/mol. The van der Waals surface area contributed by atoms with Gasteiger partial charge in [-0.15, -0.1) is 0 Å². The molecule has 0 spiro atoms. The second-order valence-electron chi connectivity index (χ2n) is 7.71. The molecule has 2 heterocycles. The van der Waals surface area contributed by atoms with Crippen LogP contribution in [0, 0.1) is 0 Å². The minimum Gasteiger partial charge on any atom is -0.468 e. The summed E-state index contributed by atoms with van der Waals surface area (Å²) in [4.78, 5) is 29.2. The number of benzene rings is 2. The van der Waals surface area contributed by atoms with E-state index in [4.69, 9.17) is 4.74 Å². The van der Waals surface area contributed by atoms with Crippen molar-refractivity contribution in [2.45, 2.75) is 31.8 Å². The Morgan fingerprint density at radius 2 is 1.72 bits per heavy atom. The Kier molecular flexibility index (Phi) is 5.81. The van der Waals surface area contributed by atoms with E-state index in [0.29, 0.717) is 13.0 Å². The summed E-state index contributed by atoms with van der Waals surface area (Å²) in [6.45, 7) is 2.88. The van der Waals surface area contributed by atoms with Crippen molar-refractivity contribution in [1.82, 2.24) is 4.90 Å². The average Bonchev–Trinajstić information content (AvgIpc) is 3.28. The van der Waals surface area contributed by atoms with E-state index in [2.05, 4.69) is 22.3 Å². The first kappa shape index (κ1) is 19.5. The first-order valence-electron chi connectivity index (χ1n) is 10.2. The van der Waals surface area contributed by atoms with Gasteiger partial charge in [-0.05, 0) is 54.7 Å². The van der Waals surface area contributed by atoms with E-state index < -0.39 is 6.04 Å². The molecule has 2 aromatic rings. The van der Waals surface area contributed by atoms with Crippen LogP contribution in [0.4, 0.5) is 11.4 Å². The predicted molar refractivity (Wildman–Crippen MR) is 113 cm³/mol. The van der Waals surface area contributed by atoms with Gasteiger partial charge in [-0.25, -0.2) is 0 Å². The molecule has 0 radical (unpaired) electrons. The lowest BCUT2D eigenvalue weighted by Crippen LogP contribution is -2.49. The van der Waals surface area contributed by atoms with Gasteiger partial charge >= 0.3 is 5.97 Å². The zero-order chi connectivity index (χ0) is 20.2. The third kappa shape index (κ3) is 4.43. The summed E-state index contributed by atoms with van der Waals surface area (Å²) in [6.07, 6.45) is 3.03. The van der Waals surface area contributed by atoms with E-state index in [0.717, 1.165) is 29.9 Å². The summed E-state index contributed by atoms with van der Waals surface area (Å²) in [5.41, 5.74) is 4.25. The number of nitrogens with one attached hydrogen (secondary N) is 1. The number of esters is 1. The number of rotatable bonds is 5. The number of carbonyl (C=O) groups is 2. The summed E-state index contributed by atoms with van der Waals surface area (Å²) in [5, 5.41) is 2.96. The fourth-order valence-electron chi connectivity index (χ4n) is 4.23. The molecule has 6 heteroatoms. The highest BCUT2D eigenvalue weighted by molar-refractivity contribution is 5.93. The molecule has 1 fully saturated rings. The smallest absolute Gasteiger partial charge is 0.323 e. The van der Waals surface area contributed by atoms with Gasteiger partial charge in [0.05, 0.1) is 13.7 Å². The minimum atomic E-state index is -0.446. The highest BCUT2D eigenvalue weighted by Gasteiger charge is 2.33. The Morgan fingerprint density at radius 3 is 2.41 bits per heavy atom. The second kappa shape index (κ2) is 8.66. The van der Waals surface area contributed by atoms with E-state index in [1.165, 1.54) is 25.6 Å². The Bertz CT molecular complexity index is 875. The normalized spacial score (nSPS) is 18.9. The van der Waals surface area contributed by atoms with Crippen molar-refractivity contribution in [2.75, 3.05) is 37.0 Å². The van der Waals surface area contributed by atoms with E-state index in [9.17, 15) is 9.59 Å². The van der Waals surface area contributed by atoms with E-state index >= 15 is 0 Å². The molecule has 6 nitrogen and oxygen atoms in total. The Labute approximate surface area is 171 Å². The van der Waals surface area contributed by atoms with Crippen LogP contribution >= 0.6 is 0 Å². The van der Waals surface area contributed by atoms with E-state index in [-0.39, 0.29) is 18.4 Å². The Hall–Kier alpha value is -2.86. The SMILES string of the molecule is COC(=O)[C@H]1Cc2ccccc2CN1CC(=O)Nc1ccc(N2CCCC2)cc1. The number of carbonyl (C=O) groups excluding carboxylic acids is 2. The largest absolute Gasteiger partial charge is 0.468 e. The fraction of sp³-hybridized carbons (Fsp3) is 0.391. The van der Waals surface area contributed by atoms with Crippen LogP contribution in [0.2, 0.25) is 0 Å². The van der Waals surface area contributed by atoms with Crippen molar-refractivity contribution in [1.29, 1.82) is 0 Å². The molecule has 2 aromatic carbocycles. The van der Waals surface area contributed by atoms with Gasteiger partial charge in [0.15, 0.2) is 0 Å². The lowest BCUT2D eigenvalue weighted by atomic mass is 9.94. The number of hydrogen-bond acceptors (Lipinski definition) is 5. The lowest BCUT2D eigenvalue weighted by molar-refractivity contribution is -0.148. The third-order valence-electron chi connectivity index (χ3n) is 5.79. The molecule has 1 amide bonds. The van der Waals surface area contributed by atoms with Crippen LogP contribution in [-0.4, -0.2) is 49.6 Å². The van der Waals surface area contributed by atoms with E-state index in [1.54, 1.807) is 0 Å². The first-order valence-corrected chi connectivity index (χ1v) is 10.2. The number of nitrogens with zero attached hydrogens (tertiary/aromatic N) is 2. The van der Waals surface area contributed by atoms with Gasteiger partial charge < -0.3 is 15.0 Å². The molecule has 1 saturated heterocycles. The number of hydrogen-bond donors (Lipinski definition) is 1. The van der Waals surface area contributed by atoms with Gasteiger partial charge in [-0.1, -0.05) is 24.3 Å². The van der Waals surface area contributed by atoms with Gasteiger partial charge in [-0.3, -0.25) is 14.5 Å². The molecule has 152 valence electrons. The monoisotopic (exact) mass is 393 g/mol. The molecule has 0 unspecified atom stereocenters. The highest BCUT2D eigenvalue weighted by Crippen LogP contribution is 2.25. The predicted octanol–water partition coefficient (Wildman–Crippen LogP) is 2.83. The molecule has 1 atom stereocenters. The first-order chi connectivity index (χ1) is 14.1. The topological polar surface area (TPSA) is 61.9 Å². The quantitative estimate of drug-likeness (QED) is 0.792. The molecule has 4 rings (SSSR count). The van der Waals surface area contributed by atoms with Crippen molar-refractivity contribution < 1.29 is 14.3 Å². The third-order valence-corrected chi connectivity index (χ3v) is 5.79. The van der Waals surface area contributed by atoms with Crippen LogP contribution in [0.3, 0.4) is 0 Å². The molecule has 2 aliphatic rings. The van der Waals surface area contributed by atoms with Crippen molar-refractivity contribution in [2.24, 2.45) is 0 Å². The highest BCUT2D eigenvalue weighted by atomic mass is 16.5. The van der Waals surface area contributed by atoms with Gasteiger partial charge in [0, 0.05) is 31.0 Å². The zero-order valence-electron chi connectivity index (χ0n) is 16.8. The van der Waals surface area contributed by atoms with Gasteiger partial charge in [0.2, 0.25) is 5.91 Å². The molecule has 0 bridgehead atoms. The summed E-state index contributed by atoms with van der Waals surface area (Å²) in [5.74, 6) is -0.436. The fourth-order valence-corrected chi connectivity index (χ4v) is 4.23. The summed E-state index contributed by atoms with van der Waals surface area (Å²) < 4.78 is 4.98. The number of fused-ring (bicyclic) bond motifs is 1. The average molecular weight is 393 g/mol. The number of anilines is 2. The maximum absolute atomic E-state index is 12.7. The molecule has 1 N–H and O–H groups in total. The van der Waals surface area contributed by atoms with E-state index in [1.807, 2.05) is 41.3 Å². The summed E-state index contributed by atoms with van der Waals surface area (Å²) in [7, 11) is 1.39. The van der Waals surface area contributed by atoms with Crippen LogP contribution in [-0.2, 0) is 27.3 Å². The zero-order valence-corrected chi connectivity index (χ0v) is 16.8. The maximum atomic E-state index is 12.7. The molecule has 0 saturated carbocycles.